The summed E-state index contributed by atoms with van der Waals surface area (Å²) in [5.74, 6) is -0.391. The summed E-state index contributed by atoms with van der Waals surface area (Å²) in [6.45, 7) is 6.72. The maximum absolute atomic E-state index is 12.5. The number of amides is 1. The summed E-state index contributed by atoms with van der Waals surface area (Å²) in [7, 11) is 0. The molecule has 5 heteroatoms. The highest BCUT2D eigenvalue weighted by Gasteiger charge is 2.21. The van der Waals surface area contributed by atoms with Crippen molar-refractivity contribution in [2.24, 2.45) is 0 Å². The average Bonchev–Trinajstić information content (AvgIpc) is 2.67. The van der Waals surface area contributed by atoms with Gasteiger partial charge in [-0.05, 0) is 36.1 Å². The summed E-state index contributed by atoms with van der Waals surface area (Å²) in [6, 6.07) is 6.19. The van der Waals surface area contributed by atoms with Gasteiger partial charge in [0.1, 0.15) is 0 Å². The van der Waals surface area contributed by atoms with Crippen LogP contribution in [-0.2, 0) is 27.3 Å². The number of benzene rings is 1. The third-order valence-corrected chi connectivity index (χ3v) is 4.20. The summed E-state index contributed by atoms with van der Waals surface area (Å²) in [4.78, 5) is 25.1. The van der Waals surface area contributed by atoms with Crippen LogP contribution in [0.25, 0.3) is 0 Å². The van der Waals surface area contributed by atoms with Crippen molar-refractivity contribution in [1.82, 2.24) is 4.90 Å². The zero-order chi connectivity index (χ0) is 16.1. The molecule has 0 radical (unpaired) electrons. The molecule has 22 heavy (non-hydrogen) atoms. The van der Waals surface area contributed by atoms with Crippen molar-refractivity contribution in [3.8, 4) is 0 Å². The van der Waals surface area contributed by atoms with E-state index in [4.69, 9.17) is 4.74 Å². The van der Waals surface area contributed by atoms with E-state index in [9.17, 15) is 9.59 Å². The topological polar surface area (TPSA) is 46.6 Å². The standard InChI is InChI=1S/C17H20BrNO3/c1-12(7-9-22-13(2)20)17(21)19-8-3-4-14-10-16(18)6-5-15(14)11-19/h5-6,10H,1,3-4,7-9,11H2,2H3. The molecule has 0 N–H and O–H groups in total. The molecule has 2 rings (SSSR count). The summed E-state index contributed by atoms with van der Waals surface area (Å²) >= 11 is 3.49. The van der Waals surface area contributed by atoms with Crippen LogP contribution in [0.4, 0.5) is 0 Å². The minimum Gasteiger partial charge on any atom is -0.466 e. The number of carbonyl (C=O) groups is 2. The molecule has 0 spiro atoms. The first-order chi connectivity index (χ1) is 10.5. The van der Waals surface area contributed by atoms with E-state index in [2.05, 4.69) is 34.6 Å². The molecular weight excluding hydrogens is 346 g/mol. The SMILES string of the molecule is C=C(CCOC(C)=O)C(=O)N1CCCc2cc(Br)ccc2C1. The van der Waals surface area contributed by atoms with Crippen LogP contribution in [0.5, 0.6) is 0 Å². The number of carbonyl (C=O) groups excluding carboxylic acids is 2. The fourth-order valence-corrected chi connectivity index (χ4v) is 2.96. The molecule has 1 heterocycles. The van der Waals surface area contributed by atoms with Gasteiger partial charge in [0.25, 0.3) is 0 Å². The van der Waals surface area contributed by atoms with E-state index in [0.29, 0.717) is 18.5 Å². The maximum atomic E-state index is 12.5. The average molecular weight is 366 g/mol. The molecule has 0 saturated heterocycles. The van der Waals surface area contributed by atoms with Crippen LogP contribution in [0.15, 0.2) is 34.8 Å². The Balaban J connectivity index is 1.99. The van der Waals surface area contributed by atoms with Crippen molar-refractivity contribution < 1.29 is 14.3 Å². The van der Waals surface area contributed by atoms with Gasteiger partial charge in [-0.25, -0.2) is 0 Å². The Kier molecular flexibility index (Phi) is 5.77. The summed E-state index contributed by atoms with van der Waals surface area (Å²) in [6.07, 6.45) is 2.28. The second-order valence-electron chi connectivity index (χ2n) is 5.44. The lowest BCUT2D eigenvalue weighted by Gasteiger charge is -2.22. The van der Waals surface area contributed by atoms with E-state index < -0.39 is 0 Å². The Morgan fingerprint density at radius 3 is 2.86 bits per heavy atom. The molecule has 0 unspecified atom stereocenters. The number of aryl methyl sites for hydroxylation is 1. The number of rotatable bonds is 4. The van der Waals surface area contributed by atoms with Gasteiger partial charge in [0.05, 0.1) is 6.61 Å². The quantitative estimate of drug-likeness (QED) is 0.607. The monoisotopic (exact) mass is 365 g/mol. The van der Waals surface area contributed by atoms with Gasteiger partial charge in [0, 0.05) is 36.5 Å². The van der Waals surface area contributed by atoms with Gasteiger partial charge in [-0.3, -0.25) is 9.59 Å². The number of halogens is 1. The van der Waals surface area contributed by atoms with E-state index in [1.54, 1.807) is 0 Å². The fourth-order valence-electron chi connectivity index (χ4n) is 2.55. The Labute approximate surface area is 139 Å². The van der Waals surface area contributed by atoms with Crippen LogP contribution in [0, 0.1) is 0 Å². The summed E-state index contributed by atoms with van der Waals surface area (Å²) in [5, 5.41) is 0. The van der Waals surface area contributed by atoms with Crippen LogP contribution in [0.2, 0.25) is 0 Å². The second kappa shape index (κ2) is 7.58. The van der Waals surface area contributed by atoms with Crippen LogP contribution < -0.4 is 0 Å². The van der Waals surface area contributed by atoms with Gasteiger partial charge in [0.15, 0.2) is 0 Å². The first-order valence-corrected chi connectivity index (χ1v) is 8.14. The zero-order valence-corrected chi connectivity index (χ0v) is 14.3. The molecule has 4 nitrogen and oxygen atoms in total. The number of esters is 1. The third-order valence-electron chi connectivity index (χ3n) is 3.70. The lowest BCUT2D eigenvalue weighted by Crippen LogP contribution is -2.32. The molecule has 1 amide bonds. The zero-order valence-electron chi connectivity index (χ0n) is 12.7. The largest absolute Gasteiger partial charge is 0.466 e. The van der Waals surface area contributed by atoms with E-state index in [1.807, 2.05) is 11.0 Å². The highest BCUT2D eigenvalue weighted by atomic mass is 79.9. The molecule has 1 aromatic carbocycles. The summed E-state index contributed by atoms with van der Waals surface area (Å²) < 4.78 is 5.93. The minimum absolute atomic E-state index is 0.0529. The van der Waals surface area contributed by atoms with Gasteiger partial charge >= 0.3 is 5.97 Å². The van der Waals surface area contributed by atoms with Crippen molar-refractivity contribution >= 4 is 27.8 Å². The predicted octanol–water partition coefficient (Wildman–Crippen LogP) is 3.23. The highest BCUT2D eigenvalue weighted by molar-refractivity contribution is 9.10. The first-order valence-electron chi connectivity index (χ1n) is 7.35. The molecule has 0 aromatic heterocycles. The van der Waals surface area contributed by atoms with Crippen LogP contribution in [0.1, 0.15) is 30.9 Å². The molecule has 118 valence electrons. The highest BCUT2D eigenvalue weighted by Crippen LogP contribution is 2.23. The van der Waals surface area contributed by atoms with E-state index in [1.165, 1.54) is 18.1 Å². The van der Waals surface area contributed by atoms with Crippen LogP contribution >= 0.6 is 15.9 Å². The number of hydrogen-bond donors (Lipinski definition) is 0. The van der Waals surface area contributed by atoms with Gasteiger partial charge in [-0.1, -0.05) is 28.6 Å². The molecule has 1 aromatic rings. The lowest BCUT2D eigenvalue weighted by molar-refractivity contribution is -0.141. The number of ether oxygens (including phenoxy) is 1. The number of hydrogen-bond acceptors (Lipinski definition) is 3. The Morgan fingerprint density at radius 1 is 1.36 bits per heavy atom. The van der Waals surface area contributed by atoms with Gasteiger partial charge in [-0.2, -0.15) is 0 Å². The van der Waals surface area contributed by atoms with Gasteiger partial charge in [0.2, 0.25) is 5.91 Å². The van der Waals surface area contributed by atoms with Crippen molar-refractivity contribution in [1.29, 1.82) is 0 Å². The summed E-state index contributed by atoms with van der Waals surface area (Å²) in [5.41, 5.74) is 2.96. The molecular formula is C17H20BrNO3. The van der Waals surface area contributed by atoms with Crippen molar-refractivity contribution in [3.05, 3.63) is 46.0 Å². The van der Waals surface area contributed by atoms with Crippen molar-refractivity contribution in [3.63, 3.8) is 0 Å². The minimum atomic E-state index is -0.338. The molecule has 0 atom stereocenters. The molecule has 0 bridgehead atoms. The Morgan fingerprint density at radius 2 is 2.14 bits per heavy atom. The van der Waals surface area contributed by atoms with Gasteiger partial charge < -0.3 is 9.64 Å². The number of fused-ring (bicyclic) bond motifs is 1. The molecule has 1 aliphatic heterocycles. The predicted molar refractivity (Wildman–Crippen MR) is 88.3 cm³/mol. The molecule has 0 fully saturated rings. The first kappa shape index (κ1) is 16.7. The van der Waals surface area contributed by atoms with Crippen LogP contribution in [-0.4, -0.2) is 29.9 Å². The van der Waals surface area contributed by atoms with E-state index in [-0.39, 0.29) is 18.5 Å². The molecule has 0 aliphatic carbocycles. The second-order valence-corrected chi connectivity index (χ2v) is 6.35. The third kappa shape index (κ3) is 4.44. The Bertz CT molecular complexity index is 598. The van der Waals surface area contributed by atoms with E-state index in [0.717, 1.165) is 23.9 Å². The van der Waals surface area contributed by atoms with Crippen molar-refractivity contribution in [2.75, 3.05) is 13.2 Å². The number of nitrogens with zero attached hydrogens (tertiary/aromatic N) is 1. The van der Waals surface area contributed by atoms with Crippen LogP contribution in [0.3, 0.4) is 0 Å². The molecule has 1 aliphatic rings. The smallest absolute Gasteiger partial charge is 0.302 e. The Hall–Kier alpha value is -1.62. The normalized spacial score (nSPS) is 14.0. The molecule has 0 saturated carbocycles. The lowest BCUT2D eigenvalue weighted by atomic mass is 10.0. The maximum Gasteiger partial charge on any atom is 0.302 e. The fraction of sp³-hybridized carbons (Fsp3) is 0.412. The van der Waals surface area contributed by atoms with E-state index >= 15 is 0 Å². The van der Waals surface area contributed by atoms with Crippen molar-refractivity contribution in [2.45, 2.75) is 32.7 Å². The van der Waals surface area contributed by atoms with Gasteiger partial charge in [-0.15, -0.1) is 0 Å².